The lowest BCUT2D eigenvalue weighted by molar-refractivity contribution is 0.0697. The Bertz CT molecular complexity index is 549. The monoisotopic (exact) mass is 292 g/mol. The SMILES string of the molecule is C[C@@H]1CCC[C@H](C)N1C(=O)Nc1ccc(O)cc1C(=O)O. The van der Waals surface area contributed by atoms with Crippen LogP contribution in [0.1, 0.15) is 43.5 Å². The van der Waals surface area contributed by atoms with Gasteiger partial charge in [-0.15, -0.1) is 0 Å². The Morgan fingerprint density at radius 1 is 1.24 bits per heavy atom. The maximum Gasteiger partial charge on any atom is 0.337 e. The van der Waals surface area contributed by atoms with Gasteiger partial charge in [0.05, 0.1) is 11.3 Å². The standard InChI is InChI=1S/C15H20N2O4/c1-9-4-3-5-10(2)17(9)15(21)16-13-7-6-11(18)8-12(13)14(19)20/h6-10,18H,3-5H2,1-2H3,(H,16,21)(H,19,20)/t9-,10+. The number of anilines is 1. The van der Waals surface area contributed by atoms with Crippen molar-refractivity contribution in [3.05, 3.63) is 23.8 Å². The van der Waals surface area contributed by atoms with Gasteiger partial charge in [-0.3, -0.25) is 0 Å². The van der Waals surface area contributed by atoms with E-state index < -0.39 is 5.97 Å². The summed E-state index contributed by atoms with van der Waals surface area (Å²) in [6.45, 7) is 3.98. The number of aromatic hydroxyl groups is 1. The van der Waals surface area contributed by atoms with Gasteiger partial charge in [0.2, 0.25) is 0 Å². The first-order valence-corrected chi connectivity index (χ1v) is 7.05. The maximum absolute atomic E-state index is 12.4. The topological polar surface area (TPSA) is 89.9 Å². The zero-order valence-corrected chi connectivity index (χ0v) is 12.2. The fraction of sp³-hybridized carbons (Fsp3) is 0.467. The van der Waals surface area contributed by atoms with Crippen molar-refractivity contribution in [3.8, 4) is 5.75 Å². The van der Waals surface area contributed by atoms with E-state index in [1.165, 1.54) is 12.1 Å². The average Bonchev–Trinajstić information content (AvgIpc) is 2.40. The number of likely N-dealkylation sites (tertiary alicyclic amines) is 1. The molecule has 1 aliphatic rings. The van der Waals surface area contributed by atoms with E-state index in [4.69, 9.17) is 5.11 Å². The molecule has 2 amide bonds. The number of carbonyl (C=O) groups is 2. The van der Waals surface area contributed by atoms with Crippen LogP contribution in [0.5, 0.6) is 5.75 Å². The molecule has 1 aromatic rings. The average molecular weight is 292 g/mol. The van der Waals surface area contributed by atoms with Gasteiger partial charge in [0.1, 0.15) is 5.75 Å². The highest BCUT2D eigenvalue weighted by Crippen LogP contribution is 2.26. The molecule has 1 aromatic carbocycles. The summed E-state index contributed by atoms with van der Waals surface area (Å²) < 4.78 is 0. The molecule has 1 saturated heterocycles. The van der Waals surface area contributed by atoms with E-state index in [1.807, 2.05) is 13.8 Å². The molecule has 0 saturated carbocycles. The first kappa shape index (κ1) is 15.2. The number of nitrogens with zero attached hydrogens (tertiary/aromatic N) is 1. The summed E-state index contributed by atoms with van der Waals surface area (Å²) in [5, 5.41) is 21.2. The van der Waals surface area contributed by atoms with Crippen LogP contribution in [-0.4, -0.2) is 39.2 Å². The second-order valence-corrected chi connectivity index (χ2v) is 5.50. The van der Waals surface area contributed by atoms with Crippen LogP contribution in [0.4, 0.5) is 10.5 Å². The lowest BCUT2D eigenvalue weighted by atomic mass is 9.98. The second kappa shape index (κ2) is 6.03. The predicted molar refractivity (Wildman–Crippen MR) is 78.7 cm³/mol. The zero-order valence-electron chi connectivity index (χ0n) is 12.2. The molecule has 6 heteroatoms. The molecule has 114 valence electrons. The minimum atomic E-state index is -1.19. The number of urea groups is 1. The third kappa shape index (κ3) is 3.26. The number of hydrogen-bond donors (Lipinski definition) is 3. The number of carboxylic acids is 1. The van der Waals surface area contributed by atoms with E-state index in [9.17, 15) is 14.7 Å². The third-order valence-corrected chi connectivity index (χ3v) is 3.90. The van der Waals surface area contributed by atoms with Crippen molar-refractivity contribution in [2.75, 3.05) is 5.32 Å². The van der Waals surface area contributed by atoms with Gasteiger partial charge in [0.25, 0.3) is 0 Å². The van der Waals surface area contributed by atoms with E-state index in [0.29, 0.717) is 0 Å². The Kier molecular flexibility index (Phi) is 4.35. The van der Waals surface area contributed by atoms with Crippen LogP contribution < -0.4 is 5.32 Å². The van der Waals surface area contributed by atoms with Gasteiger partial charge in [-0.1, -0.05) is 0 Å². The van der Waals surface area contributed by atoms with Crippen LogP contribution in [0.3, 0.4) is 0 Å². The highest BCUT2D eigenvalue weighted by molar-refractivity contribution is 6.00. The lowest BCUT2D eigenvalue weighted by Crippen LogP contribution is -2.49. The molecule has 0 spiro atoms. The summed E-state index contributed by atoms with van der Waals surface area (Å²) in [4.78, 5) is 25.3. The molecule has 2 rings (SSSR count). The van der Waals surface area contributed by atoms with Crippen molar-refractivity contribution in [1.82, 2.24) is 4.90 Å². The van der Waals surface area contributed by atoms with Gasteiger partial charge >= 0.3 is 12.0 Å². The molecule has 0 radical (unpaired) electrons. The molecular formula is C15H20N2O4. The fourth-order valence-corrected chi connectivity index (χ4v) is 2.82. The molecule has 0 aliphatic carbocycles. The quantitative estimate of drug-likeness (QED) is 0.731. The van der Waals surface area contributed by atoms with Crippen LogP contribution in [-0.2, 0) is 0 Å². The van der Waals surface area contributed by atoms with Crippen molar-refractivity contribution < 1.29 is 19.8 Å². The zero-order chi connectivity index (χ0) is 15.6. The second-order valence-electron chi connectivity index (χ2n) is 5.50. The Balaban J connectivity index is 2.21. The number of piperidine rings is 1. The molecule has 2 atom stereocenters. The molecule has 1 fully saturated rings. The Morgan fingerprint density at radius 2 is 1.86 bits per heavy atom. The van der Waals surface area contributed by atoms with Gasteiger partial charge in [0, 0.05) is 12.1 Å². The number of carboxylic acid groups (broad SMARTS) is 1. The summed E-state index contributed by atoms with van der Waals surface area (Å²) in [6, 6.07) is 3.82. The smallest absolute Gasteiger partial charge is 0.337 e. The molecule has 21 heavy (non-hydrogen) atoms. The van der Waals surface area contributed by atoms with Crippen molar-refractivity contribution >= 4 is 17.7 Å². The molecule has 6 nitrogen and oxygen atoms in total. The summed E-state index contributed by atoms with van der Waals surface area (Å²) in [7, 11) is 0. The summed E-state index contributed by atoms with van der Waals surface area (Å²) in [5.74, 6) is -1.34. The third-order valence-electron chi connectivity index (χ3n) is 3.90. The van der Waals surface area contributed by atoms with Crippen LogP contribution >= 0.6 is 0 Å². The number of rotatable bonds is 2. The number of nitrogens with one attached hydrogen (secondary N) is 1. The van der Waals surface area contributed by atoms with Crippen molar-refractivity contribution in [1.29, 1.82) is 0 Å². The largest absolute Gasteiger partial charge is 0.508 e. The van der Waals surface area contributed by atoms with Gasteiger partial charge < -0.3 is 20.4 Å². The molecule has 0 aromatic heterocycles. The molecule has 3 N–H and O–H groups in total. The van der Waals surface area contributed by atoms with E-state index in [2.05, 4.69) is 5.32 Å². The van der Waals surface area contributed by atoms with Crippen molar-refractivity contribution in [3.63, 3.8) is 0 Å². The summed E-state index contributed by atoms with van der Waals surface area (Å²) >= 11 is 0. The molecule has 0 bridgehead atoms. The summed E-state index contributed by atoms with van der Waals surface area (Å²) in [6.07, 6.45) is 2.98. The molecule has 0 unspecified atom stereocenters. The number of benzene rings is 1. The van der Waals surface area contributed by atoms with Crippen LogP contribution in [0.2, 0.25) is 0 Å². The van der Waals surface area contributed by atoms with Crippen LogP contribution in [0.25, 0.3) is 0 Å². The van der Waals surface area contributed by atoms with E-state index >= 15 is 0 Å². The minimum Gasteiger partial charge on any atom is -0.508 e. The maximum atomic E-state index is 12.4. The Hall–Kier alpha value is -2.24. The van der Waals surface area contributed by atoms with Crippen molar-refractivity contribution in [2.45, 2.75) is 45.2 Å². The predicted octanol–water partition coefficient (Wildman–Crippen LogP) is 2.89. The first-order chi connectivity index (χ1) is 9.90. The molecule has 1 aliphatic heterocycles. The van der Waals surface area contributed by atoms with Gasteiger partial charge in [-0.05, 0) is 51.3 Å². The number of hydrogen-bond acceptors (Lipinski definition) is 3. The summed E-state index contributed by atoms with van der Waals surface area (Å²) in [5.41, 5.74) is 0.0657. The molecular weight excluding hydrogens is 272 g/mol. The lowest BCUT2D eigenvalue weighted by Gasteiger charge is -2.39. The number of amides is 2. The molecule has 1 heterocycles. The van der Waals surface area contributed by atoms with Gasteiger partial charge in [-0.25, -0.2) is 9.59 Å². The normalized spacial score (nSPS) is 21.9. The Labute approximate surface area is 123 Å². The highest BCUT2D eigenvalue weighted by Gasteiger charge is 2.29. The first-order valence-electron chi connectivity index (χ1n) is 7.05. The van der Waals surface area contributed by atoms with Crippen LogP contribution in [0.15, 0.2) is 18.2 Å². The van der Waals surface area contributed by atoms with Crippen molar-refractivity contribution in [2.24, 2.45) is 0 Å². The van der Waals surface area contributed by atoms with E-state index in [0.717, 1.165) is 25.3 Å². The van der Waals surface area contributed by atoms with E-state index in [-0.39, 0.29) is 35.1 Å². The number of carbonyl (C=O) groups excluding carboxylic acids is 1. The number of phenols is 1. The minimum absolute atomic E-state index is 0.124. The number of phenolic OH excluding ortho intramolecular Hbond substituents is 1. The van der Waals surface area contributed by atoms with Gasteiger partial charge in [0.15, 0.2) is 0 Å². The Morgan fingerprint density at radius 3 is 2.43 bits per heavy atom. The van der Waals surface area contributed by atoms with E-state index in [1.54, 1.807) is 4.90 Å². The van der Waals surface area contributed by atoms with Gasteiger partial charge in [-0.2, -0.15) is 0 Å². The van der Waals surface area contributed by atoms with Crippen LogP contribution in [0, 0.1) is 0 Å². The fourth-order valence-electron chi connectivity index (χ4n) is 2.82. The highest BCUT2D eigenvalue weighted by atomic mass is 16.4. The number of aromatic carboxylic acids is 1.